The number of hydrogen-bond donors (Lipinski definition) is 0. The third-order valence-corrected chi connectivity index (χ3v) is 6.25. The zero-order valence-corrected chi connectivity index (χ0v) is 19.0. The fourth-order valence-corrected chi connectivity index (χ4v) is 4.69. The summed E-state index contributed by atoms with van der Waals surface area (Å²) in [5.41, 5.74) is -2.77. The van der Waals surface area contributed by atoms with Crippen molar-refractivity contribution in [2.75, 3.05) is 0 Å². The van der Waals surface area contributed by atoms with Gasteiger partial charge in [0.25, 0.3) is 0 Å². The third kappa shape index (κ3) is 3.11. The molecule has 38 heavy (non-hydrogen) atoms. The standard InChI is InChI=1S/C38H24/c1-2-12-28-24-29(23-20-25(28)10-1)37-31-15-5-7-17-33(31)38(34-18-8-6-16-32(34)37)35-19-9-13-27-22-21-26-11-3-4-14-30(26)36(27)35/h1-24H/i1D,2D,3D,4D,5D,6D,7D,8D,9D,10D,11D,12D,13D,14D,15D,16D,17D,18D,19D,20D,21D,22D,23D,24D. The van der Waals surface area contributed by atoms with E-state index in [-0.39, 0.29) is 0 Å². The maximum atomic E-state index is 9.42. The van der Waals surface area contributed by atoms with E-state index in [0.717, 1.165) is 0 Å². The molecule has 8 aromatic rings. The Kier molecular flexibility index (Phi) is 1.81. The van der Waals surface area contributed by atoms with Crippen LogP contribution in [0.25, 0.3) is 76.1 Å². The van der Waals surface area contributed by atoms with Gasteiger partial charge < -0.3 is 0 Å². The summed E-state index contributed by atoms with van der Waals surface area (Å²) in [6, 6.07) is -21.3. The molecule has 0 aliphatic carbocycles. The Labute approximate surface area is 255 Å². The molecule has 0 heteroatoms. The molecule has 0 saturated carbocycles. The first kappa shape index (κ1) is 8.28. The van der Waals surface area contributed by atoms with Crippen molar-refractivity contribution in [2.24, 2.45) is 0 Å². The summed E-state index contributed by atoms with van der Waals surface area (Å²) in [5.74, 6) is 0. The van der Waals surface area contributed by atoms with Gasteiger partial charge in [-0.05, 0) is 82.2 Å². The molecule has 8 rings (SSSR count). The van der Waals surface area contributed by atoms with Crippen molar-refractivity contribution < 1.29 is 32.9 Å². The van der Waals surface area contributed by atoms with Crippen LogP contribution in [0, 0.1) is 0 Å². The smallest absolute Gasteiger partial charge is 0.0616 e. The minimum atomic E-state index is -0.957. The van der Waals surface area contributed by atoms with Crippen molar-refractivity contribution in [1.29, 1.82) is 0 Å². The van der Waals surface area contributed by atoms with E-state index in [9.17, 15) is 9.60 Å². The lowest BCUT2D eigenvalue weighted by molar-refractivity contribution is 1.69. The third-order valence-electron chi connectivity index (χ3n) is 6.25. The minimum Gasteiger partial charge on any atom is -0.0616 e. The van der Waals surface area contributed by atoms with Gasteiger partial charge in [-0.3, -0.25) is 0 Å². The molecule has 0 saturated heterocycles. The second-order valence-electron chi connectivity index (χ2n) is 8.25. The Hall–Kier alpha value is -4.94. The molecule has 8 aromatic carbocycles. The van der Waals surface area contributed by atoms with Crippen molar-refractivity contribution in [3.63, 3.8) is 0 Å². The highest BCUT2D eigenvalue weighted by Crippen LogP contribution is 2.46. The van der Waals surface area contributed by atoms with Gasteiger partial charge in [0.1, 0.15) is 0 Å². The largest absolute Gasteiger partial charge is 0.0636 e. The molecular weight excluding hydrogens is 456 g/mol. The molecule has 0 aliphatic rings. The normalized spacial score (nSPS) is 20.5. The van der Waals surface area contributed by atoms with Crippen LogP contribution in [0.5, 0.6) is 0 Å². The maximum Gasteiger partial charge on any atom is 0.0636 e. The van der Waals surface area contributed by atoms with E-state index < -0.39 is 221 Å². The van der Waals surface area contributed by atoms with Crippen LogP contribution in [0.4, 0.5) is 0 Å². The van der Waals surface area contributed by atoms with Crippen LogP contribution in [0.2, 0.25) is 0 Å². The van der Waals surface area contributed by atoms with Crippen LogP contribution < -0.4 is 0 Å². The SMILES string of the molecule is [2H]c1c([2H])c([2H])c2c([2H])c(-c3c4c([2H])c([2H])c([2H])c([2H])c4c(-c4c([2H])c([2H])c([2H])c5c([2H])c([2H])c6c([2H])c([2H])c([2H])c([2H])c6c45)c4c([2H])c([2H])c([2H])c([2H])c34)c([2H])c([2H])c2c1[2H]. The van der Waals surface area contributed by atoms with E-state index in [1.807, 2.05) is 0 Å². The van der Waals surface area contributed by atoms with Crippen molar-refractivity contribution in [3.8, 4) is 22.3 Å². The summed E-state index contributed by atoms with van der Waals surface area (Å²) in [6.45, 7) is 0. The monoisotopic (exact) mass is 504 g/mol. The predicted molar refractivity (Wildman–Crippen MR) is 165 cm³/mol. The zero-order valence-electron chi connectivity index (χ0n) is 43.0. The van der Waals surface area contributed by atoms with E-state index in [1.54, 1.807) is 0 Å². The molecule has 0 atom stereocenters. The summed E-state index contributed by atoms with van der Waals surface area (Å²) >= 11 is 0. The highest BCUT2D eigenvalue weighted by Gasteiger charge is 2.18. The van der Waals surface area contributed by atoms with Crippen LogP contribution in [-0.4, -0.2) is 0 Å². The van der Waals surface area contributed by atoms with E-state index in [1.165, 1.54) is 0 Å². The molecule has 0 radical (unpaired) electrons. The molecular formula is C38H24. The van der Waals surface area contributed by atoms with Gasteiger partial charge in [0, 0.05) is 0 Å². The number of hydrogen-bond acceptors (Lipinski definition) is 0. The van der Waals surface area contributed by atoms with Crippen molar-refractivity contribution in [1.82, 2.24) is 0 Å². The van der Waals surface area contributed by atoms with Crippen LogP contribution in [0.3, 0.4) is 0 Å². The number of rotatable bonds is 2. The maximum absolute atomic E-state index is 9.42. The van der Waals surface area contributed by atoms with Crippen molar-refractivity contribution in [2.45, 2.75) is 0 Å². The molecule has 0 nitrogen and oxygen atoms in total. The molecule has 0 aliphatic heterocycles. The molecule has 0 fully saturated rings. The summed E-state index contributed by atoms with van der Waals surface area (Å²) < 4.78 is 214. The van der Waals surface area contributed by atoms with Crippen LogP contribution in [0.15, 0.2) is 145 Å². The molecule has 0 amide bonds. The van der Waals surface area contributed by atoms with Crippen LogP contribution in [0.1, 0.15) is 32.9 Å². The summed E-state index contributed by atoms with van der Waals surface area (Å²) in [7, 11) is 0. The lowest BCUT2D eigenvalue weighted by Crippen LogP contribution is -1.92. The average Bonchev–Trinajstić information content (AvgIpc) is 3.24. The molecule has 0 N–H and O–H groups in total. The van der Waals surface area contributed by atoms with Gasteiger partial charge >= 0.3 is 0 Å². The van der Waals surface area contributed by atoms with Gasteiger partial charge in [0.2, 0.25) is 0 Å². The van der Waals surface area contributed by atoms with Crippen molar-refractivity contribution >= 4 is 53.9 Å². The van der Waals surface area contributed by atoms with Crippen LogP contribution >= 0.6 is 0 Å². The topological polar surface area (TPSA) is 0 Å². The Morgan fingerprint density at radius 2 is 0.842 bits per heavy atom. The minimum absolute atomic E-state index is 0.552. The lowest BCUT2D eigenvalue weighted by atomic mass is 9.84. The number of benzene rings is 8. The average molecular weight is 505 g/mol. The first-order chi connectivity index (χ1) is 28.9. The van der Waals surface area contributed by atoms with Gasteiger partial charge in [-0.15, -0.1) is 0 Å². The predicted octanol–water partition coefficient (Wildman–Crippen LogP) is 10.8. The quantitative estimate of drug-likeness (QED) is 0.162. The highest BCUT2D eigenvalue weighted by atomic mass is 14.2. The van der Waals surface area contributed by atoms with Gasteiger partial charge in [0.15, 0.2) is 0 Å². The summed E-state index contributed by atoms with van der Waals surface area (Å²) in [6.07, 6.45) is 0. The first-order valence-electron chi connectivity index (χ1n) is 23.2. The Bertz CT molecular complexity index is 3420. The lowest BCUT2D eigenvalue weighted by Gasteiger charge is -2.19. The Morgan fingerprint density at radius 1 is 0.342 bits per heavy atom. The molecule has 0 unspecified atom stereocenters. The van der Waals surface area contributed by atoms with Crippen molar-refractivity contribution in [3.05, 3.63) is 145 Å². The second-order valence-corrected chi connectivity index (χ2v) is 8.25. The van der Waals surface area contributed by atoms with Crippen LogP contribution in [-0.2, 0) is 0 Å². The van der Waals surface area contributed by atoms with Gasteiger partial charge in [0.05, 0.1) is 32.9 Å². The molecule has 0 heterocycles. The summed E-state index contributed by atoms with van der Waals surface area (Å²) in [4.78, 5) is 0. The zero-order chi connectivity index (χ0) is 45.9. The Balaban J connectivity index is 1.84. The second kappa shape index (κ2) is 8.30. The van der Waals surface area contributed by atoms with Gasteiger partial charge in [-0.2, -0.15) is 0 Å². The first-order valence-corrected chi connectivity index (χ1v) is 11.2. The van der Waals surface area contributed by atoms with E-state index in [2.05, 4.69) is 0 Å². The summed E-state index contributed by atoms with van der Waals surface area (Å²) in [5, 5.41) is -6.20. The highest BCUT2D eigenvalue weighted by molar-refractivity contribution is 6.26. The van der Waals surface area contributed by atoms with Gasteiger partial charge in [-0.1, -0.05) is 139 Å². The van der Waals surface area contributed by atoms with Gasteiger partial charge in [-0.25, -0.2) is 0 Å². The van der Waals surface area contributed by atoms with E-state index in [4.69, 9.17) is 23.3 Å². The fraction of sp³-hybridized carbons (Fsp3) is 0. The van der Waals surface area contributed by atoms with E-state index >= 15 is 0 Å². The van der Waals surface area contributed by atoms with E-state index in [0.29, 0.717) is 0 Å². The Morgan fingerprint density at radius 3 is 1.55 bits per heavy atom. The molecule has 176 valence electrons. The molecule has 0 aromatic heterocycles. The molecule has 0 bridgehead atoms. The fourth-order valence-electron chi connectivity index (χ4n) is 4.69. The number of fused-ring (bicyclic) bond motifs is 6. The molecule has 0 spiro atoms.